The molecule has 3 unspecified atom stereocenters. The van der Waals surface area contributed by atoms with Crippen molar-refractivity contribution >= 4 is 0 Å². The molecule has 2 rings (SSSR count). The summed E-state index contributed by atoms with van der Waals surface area (Å²) in [7, 11) is 0. The Morgan fingerprint density at radius 3 is 3.15 bits per heavy atom. The zero-order chi connectivity index (χ0) is 9.42. The molecular formula is C11H17NO. The maximum atomic E-state index is 5.70. The number of hydrogen-bond donors (Lipinski definition) is 1. The van der Waals surface area contributed by atoms with Crippen molar-refractivity contribution in [3.8, 4) is 0 Å². The van der Waals surface area contributed by atoms with E-state index in [-0.39, 0.29) is 0 Å². The molecule has 2 heteroatoms. The summed E-state index contributed by atoms with van der Waals surface area (Å²) in [5, 5.41) is 0. The molecule has 0 aromatic carbocycles. The van der Waals surface area contributed by atoms with Crippen molar-refractivity contribution in [3.63, 3.8) is 0 Å². The molecule has 1 aliphatic carbocycles. The SMILES string of the molecule is CC(CN)C1c2occc2CC1C. The lowest BCUT2D eigenvalue weighted by molar-refractivity contribution is 0.326. The van der Waals surface area contributed by atoms with Gasteiger partial charge in [-0.05, 0) is 36.4 Å². The van der Waals surface area contributed by atoms with Crippen LogP contribution in [-0.2, 0) is 6.42 Å². The Bertz CT molecular complexity index is 292. The van der Waals surface area contributed by atoms with E-state index in [1.165, 1.54) is 11.3 Å². The monoisotopic (exact) mass is 179 g/mol. The van der Waals surface area contributed by atoms with Crippen LogP contribution in [0.1, 0.15) is 31.1 Å². The molecule has 1 aliphatic rings. The van der Waals surface area contributed by atoms with Crippen LogP contribution in [0.2, 0.25) is 0 Å². The fourth-order valence-corrected chi connectivity index (χ4v) is 2.51. The van der Waals surface area contributed by atoms with Gasteiger partial charge in [0.1, 0.15) is 5.76 Å². The molecule has 1 aromatic rings. The predicted octanol–water partition coefficient (Wildman–Crippen LogP) is 2.15. The zero-order valence-electron chi connectivity index (χ0n) is 8.29. The van der Waals surface area contributed by atoms with Crippen LogP contribution in [0.4, 0.5) is 0 Å². The van der Waals surface area contributed by atoms with Crippen molar-refractivity contribution in [3.05, 3.63) is 23.7 Å². The lowest BCUT2D eigenvalue weighted by Crippen LogP contribution is -2.21. The fourth-order valence-electron chi connectivity index (χ4n) is 2.51. The molecule has 2 nitrogen and oxygen atoms in total. The highest BCUT2D eigenvalue weighted by Gasteiger charge is 2.35. The van der Waals surface area contributed by atoms with Crippen molar-refractivity contribution < 1.29 is 4.42 Å². The molecule has 0 bridgehead atoms. The first-order valence-electron chi connectivity index (χ1n) is 5.00. The van der Waals surface area contributed by atoms with E-state index in [4.69, 9.17) is 10.2 Å². The van der Waals surface area contributed by atoms with Crippen molar-refractivity contribution in [2.45, 2.75) is 26.2 Å². The van der Waals surface area contributed by atoms with Crippen LogP contribution in [0, 0.1) is 11.8 Å². The molecule has 0 amide bonds. The van der Waals surface area contributed by atoms with E-state index < -0.39 is 0 Å². The van der Waals surface area contributed by atoms with E-state index in [0.29, 0.717) is 17.8 Å². The second-order valence-corrected chi connectivity index (χ2v) is 4.23. The van der Waals surface area contributed by atoms with Gasteiger partial charge in [-0.15, -0.1) is 0 Å². The van der Waals surface area contributed by atoms with Crippen LogP contribution >= 0.6 is 0 Å². The summed E-state index contributed by atoms with van der Waals surface area (Å²) < 4.78 is 5.53. The summed E-state index contributed by atoms with van der Waals surface area (Å²) in [4.78, 5) is 0. The quantitative estimate of drug-likeness (QED) is 0.755. The number of hydrogen-bond acceptors (Lipinski definition) is 2. The highest BCUT2D eigenvalue weighted by atomic mass is 16.3. The Labute approximate surface area is 79.1 Å². The first-order chi connectivity index (χ1) is 6.24. The summed E-state index contributed by atoms with van der Waals surface area (Å²) in [5.41, 5.74) is 7.09. The van der Waals surface area contributed by atoms with Crippen molar-refractivity contribution in [2.24, 2.45) is 17.6 Å². The third kappa shape index (κ3) is 1.29. The summed E-state index contributed by atoms with van der Waals surface area (Å²) >= 11 is 0. The normalized spacial score (nSPS) is 28.8. The number of furan rings is 1. The average Bonchev–Trinajstić information content (AvgIpc) is 2.62. The van der Waals surface area contributed by atoms with Crippen LogP contribution in [0.3, 0.4) is 0 Å². The topological polar surface area (TPSA) is 39.2 Å². The van der Waals surface area contributed by atoms with Gasteiger partial charge in [0.25, 0.3) is 0 Å². The summed E-state index contributed by atoms with van der Waals surface area (Å²) in [6.07, 6.45) is 2.95. The maximum absolute atomic E-state index is 5.70. The molecule has 1 heterocycles. The summed E-state index contributed by atoms with van der Waals surface area (Å²) in [6, 6.07) is 2.09. The molecule has 72 valence electrons. The molecule has 2 N–H and O–H groups in total. The predicted molar refractivity (Wildman–Crippen MR) is 52.5 cm³/mol. The minimum atomic E-state index is 0.530. The summed E-state index contributed by atoms with van der Waals surface area (Å²) in [5.74, 6) is 2.94. The van der Waals surface area contributed by atoms with Crippen LogP contribution in [-0.4, -0.2) is 6.54 Å². The van der Waals surface area contributed by atoms with Gasteiger partial charge in [-0.2, -0.15) is 0 Å². The molecule has 0 saturated heterocycles. The molecule has 0 spiro atoms. The molecule has 0 radical (unpaired) electrons. The van der Waals surface area contributed by atoms with Crippen molar-refractivity contribution in [1.29, 1.82) is 0 Å². The molecular weight excluding hydrogens is 162 g/mol. The molecule has 1 aromatic heterocycles. The third-order valence-electron chi connectivity index (χ3n) is 3.22. The number of rotatable bonds is 2. The Morgan fingerprint density at radius 2 is 2.46 bits per heavy atom. The Balaban J connectivity index is 2.28. The van der Waals surface area contributed by atoms with Crippen LogP contribution in [0.15, 0.2) is 16.7 Å². The lowest BCUT2D eigenvalue weighted by Gasteiger charge is -2.21. The molecule has 13 heavy (non-hydrogen) atoms. The Morgan fingerprint density at radius 1 is 1.69 bits per heavy atom. The standard InChI is InChI=1S/C11H17NO/c1-7-5-9-3-4-13-11(9)10(7)8(2)6-12/h3-4,7-8,10H,5-6,12H2,1-2H3. The smallest absolute Gasteiger partial charge is 0.110 e. The Kier molecular flexibility index (Phi) is 2.16. The third-order valence-corrected chi connectivity index (χ3v) is 3.22. The second kappa shape index (κ2) is 3.18. The zero-order valence-corrected chi connectivity index (χ0v) is 8.29. The van der Waals surface area contributed by atoms with Gasteiger partial charge in [0.05, 0.1) is 6.26 Å². The van der Waals surface area contributed by atoms with Crippen molar-refractivity contribution in [2.75, 3.05) is 6.54 Å². The Hall–Kier alpha value is -0.760. The van der Waals surface area contributed by atoms with Gasteiger partial charge < -0.3 is 10.2 Å². The van der Waals surface area contributed by atoms with Crippen LogP contribution < -0.4 is 5.73 Å². The van der Waals surface area contributed by atoms with Crippen LogP contribution in [0.25, 0.3) is 0 Å². The van der Waals surface area contributed by atoms with Gasteiger partial charge in [-0.1, -0.05) is 13.8 Å². The fraction of sp³-hybridized carbons (Fsp3) is 0.636. The van der Waals surface area contributed by atoms with Gasteiger partial charge >= 0.3 is 0 Å². The first-order valence-corrected chi connectivity index (χ1v) is 5.00. The van der Waals surface area contributed by atoms with Gasteiger partial charge in [-0.3, -0.25) is 0 Å². The van der Waals surface area contributed by atoms with E-state index in [2.05, 4.69) is 19.9 Å². The molecule has 0 aliphatic heterocycles. The van der Waals surface area contributed by atoms with E-state index in [1.807, 2.05) is 0 Å². The van der Waals surface area contributed by atoms with Gasteiger partial charge in [0.2, 0.25) is 0 Å². The van der Waals surface area contributed by atoms with Crippen LogP contribution in [0.5, 0.6) is 0 Å². The van der Waals surface area contributed by atoms with Gasteiger partial charge in [0.15, 0.2) is 0 Å². The van der Waals surface area contributed by atoms with Gasteiger partial charge in [-0.25, -0.2) is 0 Å². The molecule has 0 fully saturated rings. The second-order valence-electron chi connectivity index (χ2n) is 4.23. The largest absolute Gasteiger partial charge is 0.469 e. The highest BCUT2D eigenvalue weighted by Crippen LogP contribution is 2.42. The average molecular weight is 179 g/mol. The number of fused-ring (bicyclic) bond motifs is 1. The minimum Gasteiger partial charge on any atom is -0.469 e. The van der Waals surface area contributed by atoms with E-state index >= 15 is 0 Å². The van der Waals surface area contributed by atoms with Crippen molar-refractivity contribution in [1.82, 2.24) is 0 Å². The highest BCUT2D eigenvalue weighted by molar-refractivity contribution is 5.28. The number of nitrogens with two attached hydrogens (primary N) is 1. The van der Waals surface area contributed by atoms with E-state index in [1.54, 1.807) is 6.26 Å². The molecule has 0 saturated carbocycles. The maximum Gasteiger partial charge on any atom is 0.110 e. The van der Waals surface area contributed by atoms with E-state index in [0.717, 1.165) is 13.0 Å². The van der Waals surface area contributed by atoms with E-state index in [9.17, 15) is 0 Å². The first kappa shape index (κ1) is 8.82. The van der Waals surface area contributed by atoms with Gasteiger partial charge in [0, 0.05) is 5.92 Å². The lowest BCUT2D eigenvalue weighted by atomic mass is 9.86. The minimum absolute atomic E-state index is 0.530. The summed E-state index contributed by atoms with van der Waals surface area (Å²) in [6.45, 7) is 5.24. The molecule has 3 atom stereocenters.